The van der Waals surface area contributed by atoms with Gasteiger partial charge in [0.15, 0.2) is 0 Å². The smallest absolute Gasteiger partial charge is 0.217 e. The van der Waals surface area contributed by atoms with E-state index in [1.54, 1.807) is 6.07 Å². The molecule has 82 valence electrons. The van der Waals surface area contributed by atoms with E-state index in [0.29, 0.717) is 22.1 Å². The lowest BCUT2D eigenvalue weighted by atomic mass is 10.2. The van der Waals surface area contributed by atoms with Gasteiger partial charge in [-0.05, 0) is 22.0 Å². The zero-order valence-electron chi connectivity index (χ0n) is 8.23. The molecule has 1 aromatic heterocycles. The molecule has 0 saturated carbocycles. The van der Waals surface area contributed by atoms with Crippen molar-refractivity contribution in [2.24, 2.45) is 0 Å². The number of aromatic nitrogens is 2. The summed E-state index contributed by atoms with van der Waals surface area (Å²) in [5.74, 6) is 0.516. The number of hydrogen-bond acceptors (Lipinski definition) is 3. The highest BCUT2D eigenvalue weighted by Crippen LogP contribution is 2.18. The van der Waals surface area contributed by atoms with Gasteiger partial charge in [-0.25, -0.2) is 9.97 Å². The number of rotatable bonds is 3. The van der Waals surface area contributed by atoms with Crippen LogP contribution in [0, 0.1) is 0 Å². The first kappa shape index (κ1) is 11.4. The molecule has 1 heterocycles. The minimum atomic E-state index is 0.392. The second-order valence-electron chi connectivity index (χ2n) is 3.06. The molecule has 0 atom stereocenters. The van der Waals surface area contributed by atoms with Crippen LogP contribution in [0.25, 0.3) is 0 Å². The van der Waals surface area contributed by atoms with E-state index in [9.17, 15) is 0 Å². The van der Waals surface area contributed by atoms with Crippen LogP contribution in [0.4, 0.5) is 0 Å². The zero-order valence-corrected chi connectivity index (χ0v) is 10.6. The largest absolute Gasteiger partial charge is 0.473 e. The molecule has 0 aliphatic rings. The van der Waals surface area contributed by atoms with Gasteiger partial charge in [0.2, 0.25) is 5.88 Å². The van der Waals surface area contributed by atoms with Crippen molar-refractivity contribution >= 4 is 27.5 Å². The average Bonchev–Trinajstić information content (AvgIpc) is 2.28. The Morgan fingerprint density at radius 3 is 2.81 bits per heavy atom. The molecule has 0 unspecified atom stereocenters. The molecule has 0 N–H and O–H groups in total. The van der Waals surface area contributed by atoms with Crippen molar-refractivity contribution in [3.63, 3.8) is 0 Å². The van der Waals surface area contributed by atoms with Crippen LogP contribution < -0.4 is 4.74 Å². The Hall–Kier alpha value is -1.13. The second kappa shape index (κ2) is 5.27. The third-order valence-corrected chi connectivity index (χ3v) is 2.74. The van der Waals surface area contributed by atoms with Crippen LogP contribution in [-0.4, -0.2) is 9.97 Å². The third-order valence-electron chi connectivity index (χ3n) is 1.94. The van der Waals surface area contributed by atoms with Gasteiger partial charge in [-0.15, -0.1) is 0 Å². The van der Waals surface area contributed by atoms with Gasteiger partial charge in [-0.2, -0.15) is 0 Å². The Balaban J connectivity index is 2.05. The highest BCUT2D eigenvalue weighted by molar-refractivity contribution is 9.10. The fourth-order valence-electron chi connectivity index (χ4n) is 1.16. The van der Waals surface area contributed by atoms with Crippen LogP contribution in [0.2, 0.25) is 5.02 Å². The molecular formula is C11H8BrClN2O. The van der Waals surface area contributed by atoms with Gasteiger partial charge in [-0.3, -0.25) is 0 Å². The lowest BCUT2D eigenvalue weighted by Crippen LogP contribution is -1.98. The predicted molar refractivity (Wildman–Crippen MR) is 65.5 cm³/mol. The van der Waals surface area contributed by atoms with Crippen molar-refractivity contribution in [1.29, 1.82) is 0 Å². The van der Waals surface area contributed by atoms with Gasteiger partial charge >= 0.3 is 0 Å². The molecule has 0 fully saturated rings. The van der Waals surface area contributed by atoms with Crippen molar-refractivity contribution in [1.82, 2.24) is 9.97 Å². The summed E-state index contributed by atoms with van der Waals surface area (Å²) in [6.45, 7) is 0.392. The lowest BCUT2D eigenvalue weighted by Gasteiger charge is -2.06. The summed E-state index contributed by atoms with van der Waals surface area (Å²) in [5, 5.41) is 0.690. The molecule has 16 heavy (non-hydrogen) atoms. The number of hydrogen-bond donors (Lipinski definition) is 0. The van der Waals surface area contributed by atoms with Gasteiger partial charge in [-0.1, -0.05) is 29.8 Å². The summed E-state index contributed by atoms with van der Waals surface area (Å²) in [5.41, 5.74) is 0.930. The maximum Gasteiger partial charge on any atom is 0.217 e. The summed E-state index contributed by atoms with van der Waals surface area (Å²) in [4.78, 5) is 7.89. The monoisotopic (exact) mass is 298 g/mol. The van der Waals surface area contributed by atoms with Crippen molar-refractivity contribution in [3.05, 3.63) is 51.8 Å². The number of halogens is 2. The summed E-state index contributed by atoms with van der Waals surface area (Å²) in [7, 11) is 0. The zero-order chi connectivity index (χ0) is 11.4. The normalized spacial score (nSPS) is 10.1. The highest BCUT2D eigenvalue weighted by atomic mass is 79.9. The molecule has 1 aromatic carbocycles. The Morgan fingerprint density at radius 2 is 2.06 bits per heavy atom. The molecule has 0 radical (unpaired) electrons. The van der Waals surface area contributed by atoms with Crippen LogP contribution in [-0.2, 0) is 6.61 Å². The van der Waals surface area contributed by atoms with Crippen LogP contribution in [0.1, 0.15) is 5.56 Å². The Kier molecular flexibility index (Phi) is 3.74. The van der Waals surface area contributed by atoms with Crippen molar-refractivity contribution < 1.29 is 4.74 Å². The standard InChI is InChI=1S/C11H8BrClN2O/c12-10-5-11(15-7-14-10)16-6-8-3-1-2-4-9(8)13/h1-5,7H,6H2. The lowest BCUT2D eigenvalue weighted by molar-refractivity contribution is 0.293. The minimum absolute atomic E-state index is 0.392. The first-order chi connectivity index (χ1) is 7.75. The van der Waals surface area contributed by atoms with E-state index in [1.807, 2.05) is 24.3 Å². The first-order valence-corrected chi connectivity index (χ1v) is 5.76. The molecule has 0 aliphatic heterocycles. The topological polar surface area (TPSA) is 35.0 Å². The molecule has 0 saturated heterocycles. The Bertz CT molecular complexity index is 493. The van der Waals surface area contributed by atoms with Crippen molar-refractivity contribution in [2.75, 3.05) is 0 Å². The summed E-state index contributed by atoms with van der Waals surface area (Å²) < 4.78 is 6.18. The van der Waals surface area contributed by atoms with Crippen LogP contribution >= 0.6 is 27.5 Å². The number of benzene rings is 1. The Labute approximate surface area is 107 Å². The molecule has 2 aromatic rings. The fraction of sp³-hybridized carbons (Fsp3) is 0.0909. The maximum atomic E-state index is 6.00. The summed E-state index contributed by atoms with van der Waals surface area (Å²) in [6.07, 6.45) is 1.44. The van der Waals surface area contributed by atoms with Gasteiger partial charge < -0.3 is 4.74 Å². The van der Waals surface area contributed by atoms with E-state index in [2.05, 4.69) is 25.9 Å². The van der Waals surface area contributed by atoms with E-state index >= 15 is 0 Å². The van der Waals surface area contributed by atoms with E-state index in [4.69, 9.17) is 16.3 Å². The second-order valence-corrected chi connectivity index (χ2v) is 4.28. The maximum absolute atomic E-state index is 6.00. The third kappa shape index (κ3) is 2.93. The van der Waals surface area contributed by atoms with Crippen LogP contribution in [0.15, 0.2) is 41.3 Å². The van der Waals surface area contributed by atoms with Crippen molar-refractivity contribution in [2.45, 2.75) is 6.61 Å². The number of ether oxygens (including phenoxy) is 1. The molecule has 0 bridgehead atoms. The summed E-state index contributed by atoms with van der Waals surface area (Å²) >= 11 is 9.25. The van der Waals surface area contributed by atoms with Gasteiger partial charge in [0, 0.05) is 16.7 Å². The molecule has 2 rings (SSSR count). The number of nitrogens with zero attached hydrogens (tertiary/aromatic N) is 2. The highest BCUT2D eigenvalue weighted by Gasteiger charge is 2.01. The Morgan fingerprint density at radius 1 is 1.25 bits per heavy atom. The van der Waals surface area contributed by atoms with E-state index in [0.717, 1.165) is 5.56 Å². The van der Waals surface area contributed by atoms with Gasteiger partial charge in [0.25, 0.3) is 0 Å². The van der Waals surface area contributed by atoms with Crippen LogP contribution in [0.3, 0.4) is 0 Å². The molecule has 0 amide bonds. The van der Waals surface area contributed by atoms with Gasteiger partial charge in [0.05, 0.1) is 0 Å². The predicted octanol–water partition coefficient (Wildman–Crippen LogP) is 3.47. The van der Waals surface area contributed by atoms with Crippen LogP contribution in [0.5, 0.6) is 5.88 Å². The molecular weight excluding hydrogens is 291 g/mol. The molecule has 3 nitrogen and oxygen atoms in total. The first-order valence-electron chi connectivity index (χ1n) is 4.59. The van der Waals surface area contributed by atoms with E-state index in [1.165, 1.54) is 6.33 Å². The fourth-order valence-corrected chi connectivity index (χ4v) is 1.64. The van der Waals surface area contributed by atoms with Crippen molar-refractivity contribution in [3.8, 4) is 5.88 Å². The quantitative estimate of drug-likeness (QED) is 0.814. The molecule has 5 heteroatoms. The summed E-state index contributed by atoms with van der Waals surface area (Å²) in [6, 6.07) is 9.25. The minimum Gasteiger partial charge on any atom is -0.473 e. The molecule has 0 spiro atoms. The van der Waals surface area contributed by atoms with Gasteiger partial charge in [0.1, 0.15) is 17.5 Å². The van der Waals surface area contributed by atoms with E-state index < -0.39 is 0 Å². The SMILES string of the molecule is Clc1ccccc1COc1cc(Br)ncn1. The average molecular weight is 300 g/mol. The molecule has 0 aliphatic carbocycles. The van der Waals surface area contributed by atoms with E-state index in [-0.39, 0.29) is 0 Å².